The Morgan fingerprint density at radius 3 is 2.13 bits per heavy atom. The highest BCUT2D eigenvalue weighted by atomic mass is 32.2. The summed E-state index contributed by atoms with van der Waals surface area (Å²) in [7, 11) is 0. The summed E-state index contributed by atoms with van der Waals surface area (Å²) in [5.74, 6) is 13.2. The van der Waals surface area contributed by atoms with E-state index >= 15 is 4.39 Å². The van der Waals surface area contributed by atoms with Crippen molar-refractivity contribution in [1.29, 1.82) is 0 Å². The number of hydrogen-bond donors (Lipinski definition) is 0. The maximum atomic E-state index is 15.1. The third kappa shape index (κ3) is 8.65. The van der Waals surface area contributed by atoms with Crippen LogP contribution in [-0.2, 0) is 9.47 Å². The van der Waals surface area contributed by atoms with Gasteiger partial charge in [0.1, 0.15) is 11.9 Å². The van der Waals surface area contributed by atoms with Crippen LogP contribution in [0.3, 0.4) is 0 Å². The van der Waals surface area contributed by atoms with E-state index in [1.807, 2.05) is 61.2 Å². The lowest BCUT2D eigenvalue weighted by Crippen LogP contribution is -2.02. The largest absolute Gasteiger partial charge is 0.379 e. The molecule has 1 atom stereocenters. The molecule has 5 aromatic carbocycles. The topological polar surface area (TPSA) is 21.8 Å². The van der Waals surface area contributed by atoms with E-state index in [0.717, 1.165) is 83.4 Å². The van der Waals surface area contributed by atoms with Gasteiger partial charge in [-0.1, -0.05) is 72.7 Å². The summed E-state index contributed by atoms with van der Waals surface area (Å²) in [5, 5.41) is 2.27. The van der Waals surface area contributed by atoms with Crippen molar-refractivity contribution in [2.45, 2.75) is 37.2 Å². The molecule has 2 nitrogen and oxygen atoms in total. The first-order chi connectivity index (χ1) is 22.1. The summed E-state index contributed by atoms with van der Waals surface area (Å²) >= 11 is 1.84. The van der Waals surface area contributed by atoms with Crippen molar-refractivity contribution >= 4 is 22.5 Å². The van der Waals surface area contributed by atoms with E-state index in [-0.39, 0.29) is 5.82 Å². The predicted octanol–water partition coefficient (Wildman–Crippen LogP) is 9.76. The minimum Gasteiger partial charge on any atom is -0.379 e. The Hall–Kier alpha value is -4.32. The Bertz CT molecular complexity index is 1890. The molecule has 1 unspecified atom stereocenters. The summed E-state index contributed by atoms with van der Waals surface area (Å²) in [6.07, 6.45) is 3.74. The van der Waals surface area contributed by atoms with E-state index in [1.54, 1.807) is 0 Å². The Labute approximate surface area is 270 Å². The smallest absolute Gasteiger partial charge is 0.132 e. The van der Waals surface area contributed by atoms with Gasteiger partial charge in [-0.3, -0.25) is 0 Å². The maximum Gasteiger partial charge on any atom is 0.132 e. The predicted molar refractivity (Wildman–Crippen MR) is 185 cm³/mol. The molecule has 0 aromatic heterocycles. The number of ether oxygens (including phenoxy) is 2. The summed E-state index contributed by atoms with van der Waals surface area (Å²) in [6, 6.07) is 34.3. The van der Waals surface area contributed by atoms with Crippen LogP contribution < -0.4 is 0 Å². The second-order valence-corrected chi connectivity index (χ2v) is 12.3. The lowest BCUT2D eigenvalue weighted by Gasteiger charge is -2.07. The molecule has 1 aliphatic rings. The van der Waals surface area contributed by atoms with Gasteiger partial charge < -0.3 is 9.47 Å². The molecule has 0 aliphatic carbocycles. The molecule has 224 valence electrons. The van der Waals surface area contributed by atoms with Gasteiger partial charge in [0.05, 0.1) is 13.2 Å². The fourth-order valence-electron chi connectivity index (χ4n) is 5.15. The second kappa shape index (κ2) is 15.1. The zero-order valence-electron chi connectivity index (χ0n) is 25.4. The number of rotatable bonds is 11. The minimum absolute atomic E-state index is 0.265. The molecule has 0 spiro atoms. The maximum absolute atomic E-state index is 15.1. The molecule has 1 heterocycles. The normalized spacial score (nSPS) is 13.5. The second-order valence-electron chi connectivity index (χ2n) is 11.1. The van der Waals surface area contributed by atoms with Gasteiger partial charge in [-0.15, -0.1) is 17.7 Å². The van der Waals surface area contributed by atoms with Crippen molar-refractivity contribution in [3.05, 3.63) is 126 Å². The fourth-order valence-corrected chi connectivity index (χ4v) is 6.06. The van der Waals surface area contributed by atoms with Crippen LogP contribution in [0.25, 0.3) is 33.0 Å². The van der Waals surface area contributed by atoms with Crippen LogP contribution in [-0.4, -0.2) is 31.7 Å². The molecular formula is C41H35FO2S. The van der Waals surface area contributed by atoms with Gasteiger partial charge in [-0.2, -0.15) is 0 Å². The van der Waals surface area contributed by atoms with E-state index in [1.165, 1.54) is 11.0 Å². The first-order valence-corrected chi connectivity index (χ1v) is 16.4. The van der Waals surface area contributed by atoms with Gasteiger partial charge in [0.15, 0.2) is 0 Å². The van der Waals surface area contributed by atoms with Gasteiger partial charge in [0.25, 0.3) is 0 Å². The highest BCUT2D eigenvalue weighted by Gasteiger charge is 2.21. The molecule has 0 amide bonds. The van der Waals surface area contributed by atoms with Crippen molar-refractivity contribution in [2.24, 2.45) is 0 Å². The van der Waals surface area contributed by atoms with Crippen molar-refractivity contribution in [2.75, 3.05) is 25.6 Å². The minimum atomic E-state index is -0.265. The summed E-state index contributed by atoms with van der Waals surface area (Å²) < 4.78 is 25.9. The van der Waals surface area contributed by atoms with Crippen LogP contribution in [0.2, 0.25) is 0 Å². The standard InChI is InChI=1S/C41H35FO2S/c1-2-6-30-9-13-33(14-10-30)36-17-16-35-25-31(11-15-37(35)27-36)7-8-32-12-22-40(41(42)26-32)34-18-20-39(21-19-34)45-24-5-3-4-23-43-28-38-29-44-38/h9-22,25-27,38H,3-5,23-24,28-29H2,1H3. The van der Waals surface area contributed by atoms with E-state index in [0.29, 0.717) is 17.2 Å². The summed E-state index contributed by atoms with van der Waals surface area (Å²) in [6.45, 7) is 4.24. The van der Waals surface area contributed by atoms with Gasteiger partial charge in [0.2, 0.25) is 0 Å². The lowest BCUT2D eigenvalue weighted by atomic mass is 9.99. The average molecular weight is 611 g/mol. The molecule has 0 bridgehead atoms. The molecule has 1 saturated heterocycles. The monoisotopic (exact) mass is 610 g/mol. The van der Waals surface area contributed by atoms with Crippen molar-refractivity contribution in [1.82, 2.24) is 0 Å². The van der Waals surface area contributed by atoms with Crippen molar-refractivity contribution in [3.8, 4) is 45.9 Å². The third-order valence-corrected chi connectivity index (χ3v) is 8.82. The fraction of sp³-hybridized carbons (Fsp3) is 0.220. The molecule has 1 aliphatic heterocycles. The number of hydrogen-bond acceptors (Lipinski definition) is 3. The van der Waals surface area contributed by atoms with Crippen LogP contribution in [0, 0.1) is 29.5 Å². The molecule has 5 aromatic rings. The Morgan fingerprint density at radius 2 is 1.38 bits per heavy atom. The quantitative estimate of drug-likeness (QED) is 0.0643. The number of benzene rings is 5. The molecule has 0 saturated carbocycles. The first-order valence-electron chi connectivity index (χ1n) is 15.5. The highest BCUT2D eigenvalue weighted by Crippen LogP contribution is 2.28. The molecule has 0 N–H and O–H groups in total. The number of unbranched alkanes of at least 4 members (excludes halogenated alkanes) is 2. The Morgan fingerprint density at radius 1 is 0.711 bits per heavy atom. The molecule has 0 radical (unpaired) electrons. The SMILES string of the molecule is CC#Cc1ccc(-c2ccc3cc(C#Cc4ccc(-c5ccc(SCCCCCOCC6CO6)cc5)c(F)c4)ccc3c2)cc1. The van der Waals surface area contributed by atoms with E-state index < -0.39 is 0 Å². The number of halogens is 1. The number of fused-ring (bicyclic) bond motifs is 1. The van der Waals surface area contributed by atoms with Crippen LogP contribution in [0.15, 0.2) is 108 Å². The van der Waals surface area contributed by atoms with Gasteiger partial charge in [-0.05, 0) is 108 Å². The first kappa shape index (κ1) is 30.7. The Balaban J connectivity index is 1.03. The van der Waals surface area contributed by atoms with Crippen LogP contribution in [0.5, 0.6) is 0 Å². The van der Waals surface area contributed by atoms with E-state index in [2.05, 4.69) is 78.3 Å². The summed E-state index contributed by atoms with van der Waals surface area (Å²) in [4.78, 5) is 1.20. The lowest BCUT2D eigenvalue weighted by molar-refractivity contribution is 0.113. The van der Waals surface area contributed by atoms with Gasteiger partial charge in [-0.25, -0.2) is 4.39 Å². The zero-order valence-corrected chi connectivity index (χ0v) is 26.3. The van der Waals surface area contributed by atoms with Crippen LogP contribution >= 0.6 is 11.8 Å². The molecule has 1 fully saturated rings. The number of thioether (sulfide) groups is 1. The summed E-state index contributed by atoms with van der Waals surface area (Å²) in [5.41, 5.74) is 6.34. The van der Waals surface area contributed by atoms with Crippen molar-refractivity contribution < 1.29 is 13.9 Å². The van der Waals surface area contributed by atoms with Crippen molar-refractivity contribution in [3.63, 3.8) is 0 Å². The molecule has 4 heteroatoms. The van der Waals surface area contributed by atoms with Gasteiger partial charge in [0, 0.05) is 33.8 Å². The van der Waals surface area contributed by atoms with Crippen LogP contribution in [0.4, 0.5) is 4.39 Å². The molecule has 6 rings (SSSR count). The zero-order chi connectivity index (χ0) is 30.8. The molecule has 45 heavy (non-hydrogen) atoms. The number of epoxide rings is 1. The third-order valence-electron chi connectivity index (χ3n) is 7.72. The highest BCUT2D eigenvalue weighted by molar-refractivity contribution is 7.99. The van der Waals surface area contributed by atoms with E-state index in [9.17, 15) is 0 Å². The molecular weight excluding hydrogens is 576 g/mol. The van der Waals surface area contributed by atoms with Gasteiger partial charge >= 0.3 is 0 Å². The average Bonchev–Trinajstić information content (AvgIpc) is 3.90. The van der Waals surface area contributed by atoms with E-state index in [4.69, 9.17) is 9.47 Å². The van der Waals surface area contributed by atoms with Crippen LogP contribution in [0.1, 0.15) is 42.9 Å². The Kier molecular flexibility index (Phi) is 10.3.